The van der Waals surface area contributed by atoms with E-state index in [4.69, 9.17) is 4.42 Å². The van der Waals surface area contributed by atoms with Crippen molar-refractivity contribution in [1.29, 1.82) is 0 Å². The van der Waals surface area contributed by atoms with Crippen LogP contribution in [0.2, 0.25) is 0 Å². The molecule has 1 aliphatic heterocycles. The molecule has 0 fully saturated rings. The molecule has 0 atom stereocenters. The van der Waals surface area contributed by atoms with Gasteiger partial charge in [-0.05, 0) is 60.9 Å². The van der Waals surface area contributed by atoms with Crippen LogP contribution in [-0.4, -0.2) is 11.8 Å². The zero-order valence-corrected chi connectivity index (χ0v) is 16.8. The van der Waals surface area contributed by atoms with Crippen molar-refractivity contribution in [3.8, 4) is 0 Å². The number of carbonyl (C=O) groups excluding carboxylic acids is 2. The number of aryl methyl sites for hydroxylation is 1. The van der Waals surface area contributed by atoms with Crippen LogP contribution in [0.4, 0.5) is 10.1 Å². The molecule has 2 heterocycles. The number of halogens is 1. The minimum atomic E-state index is -0.405. The van der Waals surface area contributed by atoms with Gasteiger partial charge in [0.2, 0.25) is 0 Å². The number of nitrogens with zero attached hydrogens (tertiary/aromatic N) is 1. The Morgan fingerprint density at radius 1 is 0.966 bits per heavy atom. The second kappa shape index (κ2) is 7.72. The number of rotatable bonds is 5. The number of furan rings is 1. The number of carbonyl (C=O) groups is 2. The van der Waals surface area contributed by atoms with Gasteiger partial charge in [-0.3, -0.25) is 9.59 Å². The Balaban J connectivity index is 1.78. The quantitative estimate of drug-likeness (QED) is 0.542. The Bertz CT molecular complexity index is 1120. The van der Waals surface area contributed by atoms with Crippen LogP contribution in [-0.2, 0) is 15.3 Å². The zero-order valence-electron chi connectivity index (χ0n) is 15.9. The fourth-order valence-electron chi connectivity index (χ4n) is 3.25. The summed E-state index contributed by atoms with van der Waals surface area (Å²) in [5.74, 6) is -0.0716. The number of amides is 2. The Kier molecular flexibility index (Phi) is 5.11. The van der Waals surface area contributed by atoms with Gasteiger partial charge in [0, 0.05) is 0 Å². The smallest absolute Gasteiger partial charge is 0.272 e. The average Bonchev–Trinajstić information content (AvgIpc) is 3.30. The van der Waals surface area contributed by atoms with E-state index in [0.717, 1.165) is 11.1 Å². The molecule has 4 rings (SSSR count). The third kappa shape index (κ3) is 3.51. The van der Waals surface area contributed by atoms with E-state index in [1.165, 1.54) is 40.9 Å². The Morgan fingerprint density at radius 2 is 1.72 bits per heavy atom. The highest BCUT2D eigenvalue weighted by Crippen LogP contribution is 2.40. The molecule has 0 saturated heterocycles. The van der Waals surface area contributed by atoms with E-state index in [9.17, 15) is 14.0 Å². The number of thioether (sulfide) groups is 1. The monoisotopic (exact) mass is 407 g/mol. The highest BCUT2D eigenvalue weighted by atomic mass is 32.2. The number of anilines is 1. The topological polar surface area (TPSA) is 50.5 Å². The Hall–Kier alpha value is -3.12. The molecule has 3 aromatic rings. The van der Waals surface area contributed by atoms with Crippen LogP contribution < -0.4 is 4.90 Å². The lowest BCUT2D eigenvalue weighted by Crippen LogP contribution is -2.32. The van der Waals surface area contributed by atoms with E-state index in [1.807, 2.05) is 32.0 Å². The first kappa shape index (κ1) is 19.2. The Morgan fingerprint density at radius 3 is 2.41 bits per heavy atom. The van der Waals surface area contributed by atoms with Crippen molar-refractivity contribution in [2.45, 2.75) is 19.6 Å². The molecule has 0 bridgehead atoms. The molecular weight excluding hydrogens is 389 g/mol. The fraction of sp³-hybridized carbons (Fsp3) is 0.130. The lowest BCUT2D eigenvalue weighted by Gasteiger charge is -2.19. The summed E-state index contributed by atoms with van der Waals surface area (Å²) in [7, 11) is 0. The van der Waals surface area contributed by atoms with Gasteiger partial charge >= 0.3 is 0 Å². The van der Waals surface area contributed by atoms with Gasteiger partial charge in [-0.1, -0.05) is 24.3 Å². The molecule has 2 amide bonds. The van der Waals surface area contributed by atoms with Gasteiger partial charge in [0.05, 0.1) is 28.2 Å². The summed E-state index contributed by atoms with van der Waals surface area (Å²) >= 11 is 1.25. The molecule has 0 unspecified atom stereocenters. The second-order valence-corrected chi connectivity index (χ2v) is 7.73. The minimum absolute atomic E-state index is 0.285. The van der Waals surface area contributed by atoms with Gasteiger partial charge in [0.25, 0.3) is 11.8 Å². The third-order valence-corrected chi connectivity index (χ3v) is 6.03. The van der Waals surface area contributed by atoms with Crippen molar-refractivity contribution in [2.75, 3.05) is 4.90 Å². The first-order chi connectivity index (χ1) is 14.0. The normalized spacial score (nSPS) is 14.2. The first-order valence-corrected chi connectivity index (χ1v) is 10.1. The van der Waals surface area contributed by atoms with E-state index in [0.29, 0.717) is 27.7 Å². The molecule has 4 nitrogen and oxygen atoms in total. The van der Waals surface area contributed by atoms with Crippen LogP contribution in [0.1, 0.15) is 22.5 Å². The lowest BCUT2D eigenvalue weighted by molar-refractivity contribution is -0.119. The molecule has 6 heteroatoms. The van der Waals surface area contributed by atoms with Gasteiger partial charge in [-0.25, -0.2) is 9.29 Å². The summed E-state index contributed by atoms with van der Waals surface area (Å²) in [5, 5.41) is 0. The largest absolute Gasteiger partial charge is 0.468 e. The van der Waals surface area contributed by atoms with Gasteiger partial charge in [-0.2, -0.15) is 0 Å². The average molecular weight is 407 g/mol. The first-order valence-electron chi connectivity index (χ1n) is 9.07. The van der Waals surface area contributed by atoms with Crippen LogP contribution in [0.5, 0.6) is 0 Å². The van der Waals surface area contributed by atoms with Crippen LogP contribution in [0.3, 0.4) is 0 Å². The molecule has 0 N–H and O–H groups in total. The van der Waals surface area contributed by atoms with Gasteiger partial charge < -0.3 is 4.42 Å². The van der Waals surface area contributed by atoms with Gasteiger partial charge in [-0.15, -0.1) is 11.8 Å². The predicted octanol–water partition coefficient (Wildman–Crippen LogP) is 5.25. The molecule has 0 spiro atoms. The van der Waals surface area contributed by atoms with E-state index < -0.39 is 11.7 Å². The molecule has 0 radical (unpaired) electrons. The molecule has 1 aromatic heterocycles. The summed E-state index contributed by atoms with van der Waals surface area (Å²) < 4.78 is 18.8. The van der Waals surface area contributed by atoms with Crippen LogP contribution in [0.25, 0.3) is 5.57 Å². The molecule has 0 saturated carbocycles. The third-order valence-electron chi connectivity index (χ3n) is 4.93. The summed E-state index contributed by atoms with van der Waals surface area (Å²) in [5.41, 5.74) is 3.22. The summed E-state index contributed by atoms with van der Waals surface area (Å²) in [6.07, 6.45) is 1.56. The van der Waals surface area contributed by atoms with E-state index in [1.54, 1.807) is 18.4 Å². The summed E-state index contributed by atoms with van der Waals surface area (Å²) in [4.78, 5) is 28.2. The highest BCUT2D eigenvalue weighted by Gasteiger charge is 2.40. The molecular formula is C23H18FNO3S. The Labute approximate surface area is 172 Å². The van der Waals surface area contributed by atoms with Crippen LogP contribution in [0.15, 0.2) is 70.2 Å². The van der Waals surface area contributed by atoms with Crippen molar-refractivity contribution in [2.24, 2.45) is 0 Å². The van der Waals surface area contributed by atoms with Crippen LogP contribution >= 0.6 is 11.8 Å². The predicted molar refractivity (Wildman–Crippen MR) is 112 cm³/mol. The summed E-state index contributed by atoms with van der Waals surface area (Å²) in [6.45, 7) is 3.82. The van der Waals surface area contributed by atoms with Crippen molar-refractivity contribution < 1.29 is 18.4 Å². The minimum Gasteiger partial charge on any atom is -0.468 e. The van der Waals surface area contributed by atoms with E-state index >= 15 is 0 Å². The molecule has 1 aliphatic rings. The zero-order chi connectivity index (χ0) is 20.5. The molecule has 0 aliphatic carbocycles. The maximum Gasteiger partial charge on any atom is 0.272 e. The SMILES string of the molecule is Cc1cccc(N2C(=O)C(SCc3ccco3)=C(c3ccc(F)cc3)C2=O)c1C. The summed E-state index contributed by atoms with van der Waals surface area (Å²) in [6, 6.07) is 14.7. The highest BCUT2D eigenvalue weighted by molar-refractivity contribution is 8.03. The maximum atomic E-state index is 13.4. The van der Waals surface area contributed by atoms with Crippen LogP contribution in [0, 0.1) is 19.7 Å². The fourth-order valence-corrected chi connectivity index (χ4v) is 4.26. The van der Waals surface area contributed by atoms with E-state index in [2.05, 4.69) is 0 Å². The molecule has 29 heavy (non-hydrogen) atoms. The van der Waals surface area contributed by atoms with Crippen molar-refractivity contribution in [3.05, 3.63) is 94.0 Å². The number of hydrogen-bond acceptors (Lipinski definition) is 4. The van der Waals surface area contributed by atoms with Gasteiger partial charge in [0.1, 0.15) is 11.6 Å². The van der Waals surface area contributed by atoms with Crippen molar-refractivity contribution in [1.82, 2.24) is 0 Å². The molecule has 146 valence electrons. The number of imide groups is 1. The number of benzene rings is 2. The molecule has 2 aromatic carbocycles. The van der Waals surface area contributed by atoms with E-state index in [-0.39, 0.29) is 11.5 Å². The van der Waals surface area contributed by atoms with Crippen molar-refractivity contribution >= 4 is 34.8 Å². The van der Waals surface area contributed by atoms with Crippen molar-refractivity contribution in [3.63, 3.8) is 0 Å². The maximum absolute atomic E-state index is 13.4. The number of hydrogen-bond donors (Lipinski definition) is 0. The standard InChI is InChI=1S/C23H18FNO3S/c1-14-5-3-7-19(15(14)2)25-22(26)20(16-8-10-17(24)11-9-16)21(23(25)27)29-13-18-6-4-12-28-18/h3-12H,13H2,1-2H3. The van der Waals surface area contributed by atoms with Gasteiger partial charge in [0.15, 0.2) is 0 Å². The lowest BCUT2D eigenvalue weighted by atomic mass is 10.1. The second-order valence-electron chi connectivity index (χ2n) is 6.74.